The molecule has 20 heavy (non-hydrogen) atoms. The predicted molar refractivity (Wildman–Crippen MR) is 75.4 cm³/mol. The summed E-state index contributed by atoms with van der Waals surface area (Å²) in [7, 11) is 3.23. The molecule has 4 atom stereocenters. The highest BCUT2D eigenvalue weighted by atomic mass is 16.2. The minimum atomic E-state index is -0.264. The zero-order valence-corrected chi connectivity index (χ0v) is 12.0. The van der Waals surface area contributed by atoms with E-state index >= 15 is 0 Å². The third kappa shape index (κ3) is 1.59. The number of nitrogens with zero attached hydrogens (tertiary/aromatic N) is 2. The zero-order valence-electron chi connectivity index (χ0n) is 12.0. The maximum absolute atomic E-state index is 12.1. The van der Waals surface area contributed by atoms with Crippen molar-refractivity contribution in [2.45, 2.75) is 31.8 Å². The molecule has 1 aromatic heterocycles. The van der Waals surface area contributed by atoms with Crippen LogP contribution in [0.25, 0.3) is 0 Å². The summed E-state index contributed by atoms with van der Waals surface area (Å²) < 4.78 is 2.67. The molecule has 3 fully saturated rings. The Balaban J connectivity index is 1.49. The predicted octanol–water partition coefficient (Wildman–Crippen LogP) is 0.218. The standard InChI is InChI=1S/C15H21N3O2/c1-17-7-10(14(19)18(2)15(17)20)6-16-13-11-8-3-4-9(5-8)12(11)13/h7-9,11-13,16H,3-6H2,1-2H3. The lowest BCUT2D eigenvalue weighted by Gasteiger charge is -2.11. The number of hydrogen-bond donors (Lipinski definition) is 1. The summed E-state index contributed by atoms with van der Waals surface area (Å²) in [5.41, 5.74) is 0.251. The van der Waals surface area contributed by atoms with Gasteiger partial charge in [0.25, 0.3) is 5.56 Å². The molecule has 0 spiro atoms. The number of fused-ring (bicyclic) bond motifs is 5. The number of hydrogen-bond acceptors (Lipinski definition) is 3. The van der Waals surface area contributed by atoms with Gasteiger partial charge in [-0.25, -0.2) is 4.79 Å². The van der Waals surface area contributed by atoms with E-state index in [-0.39, 0.29) is 11.2 Å². The molecule has 0 radical (unpaired) electrons. The van der Waals surface area contributed by atoms with Crippen molar-refractivity contribution in [2.24, 2.45) is 37.8 Å². The first-order chi connectivity index (χ1) is 9.58. The summed E-state index contributed by atoms with van der Waals surface area (Å²) in [5, 5.41) is 3.56. The van der Waals surface area contributed by atoms with Crippen molar-refractivity contribution < 1.29 is 0 Å². The highest BCUT2D eigenvalue weighted by Crippen LogP contribution is 2.65. The summed E-state index contributed by atoms with van der Waals surface area (Å²) in [6, 6.07) is 0.614. The number of nitrogens with one attached hydrogen (secondary N) is 1. The lowest BCUT2D eigenvalue weighted by atomic mass is 10.0. The molecule has 0 saturated heterocycles. The molecule has 1 heterocycles. The number of aromatic nitrogens is 2. The van der Waals surface area contributed by atoms with Gasteiger partial charge in [-0.05, 0) is 42.9 Å². The van der Waals surface area contributed by atoms with Crippen molar-refractivity contribution >= 4 is 0 Å². The van der Waals surface area contributed by atoms with E-state index in [0.29, 0.717) is 18.2 Å². The molecule has 4 rings (SSSR count). The smallest absolute Gasteiger partial charge is 0.309 e. The van der Waals surface area contributed by atoms with E-state index in [2.05, 4.69) is 5.32 Å². The van der Waals surface area contributed by atoms with Gasteiger partial charge in [0, 0.05) is 38.4 Å². The summed E-state index contributed by atoms with van der Waals surface area (Å²) in [5.74, 6) is 3.60. The Hall–Kier alpha value is -1.36. The van der Waals surface area contributed by atoms with Gasteiger partial charge in [0.2, 0.25) is 0 Å². The SMILES string of the molecule is Cn1cc(CNC2C3C4CCC(C4)C23)c(=O)n(C)c1=O. The molecule has 3 saturated carbocycles. The summed E-state index contributed by atoms with van der Waals surface area (Å²) >= 11 is 0. The Kier molecular flexibility index (Phi) is 2.52. The minimum Gasteiger partial charge on any atom is -0.309 e. The lowest BCUT2D eigenvalue weighted by Crippen LogP contribution is -2.40. The van der Waals surface area contributed by atoms with Crippen LogP contribution in [-0.4, -0.2) is 15.2 Å². The van der Waals surface area contributed by atoms with E-state index in [1.807, 2.05) is 0 Å². The van der Waals surface area contributed by atoms with Gasteiger partial charge in [-0.1, -0.05) is 0 Å². The van der Waals surface area contributed by atoms with E-state index in [1.54, 1.807) is 20.3 Å². The fraction of sp³-hybridized carbons (Fsp3) is 0.733. The second-order valence-electron chi connectivity index (χ2n) is 6.81. The molecular formula is C15H21N3O2. The molecule has 0 aliphatic heterocycles. The molecule has 3 aliphatic rings. The largest absolute Gasteiger partial charge is 0.330 e. The fourth-order valence-electron chi connectivity index (χ4n) is 4.83. The van der Waals surface area contributed by atoms with Gasteiger partial charge >= 0.3 is 5.69 Å². The van der Waals surface area contributed by atoms with Gasteiger partial charge < -0.3 is 9.88 Å². The van der Waals surface area contributed by atoms with Gasteiger partial charge in [0.1, 0.15) is 0 Å². The van der Waals surface area contributed by atoms with Crippen molar-refractivity contribution in [3.63, 3.8) is 0 Å². The van der Waals surface area contributed by atoms with Crippen LogP contribution in [0.4, 0.5) is 0 Å². The van der Waals surface area contributed by atoms with Crippen LogP contribution >= 0.6 is 0 Å². The van der Waals surface area contributed by atoms with Crippen LogP contribution in [0.3, 0.4) is 0 Å². The summed E-state index contributed by atoms with van der Waals surface area (Å²) in [6.07, 6.45) is 5.93. The molecule has 2 bridgehead atoms. The molecule has 108 valence electrons. The van der Waals surface area contributed by atoms with E-state index in [0.717, 1.165) is 23.7 Å². The first-order valence-corrected chi connectivity index (χ1v) is 7.57. The average Bonchev–Trinajstić information content (AvgIpc) is 2.82. The first-order valence-electron chi connectivity index (χ1n) is 7.57. The molecule has 0 aromatic carbocycles. The Morgan fingerprint density at radius 1 is 1.20 bits per heavy atom. The highest BCUT2D eigenvalue weighted by Gasteiger charge is 2.64. The number of aryl methyl sites for hydroxylation is 1. The topological polar surface area (TPSA) is 56.0 Å². The third-order valence-electron chi connectivity index (χ3n) is 5.78. The van der Waals surface area contributed by atoms with Gasteiger partial charge in [-0.3, -0.25) is 9.36 Å². The normalized spacial score (nSPS) is 37.2. The van der Waals surface area contributed by atoms with E-state index in [4.69, 9.17) is 0 Å². The Labute approximate surface area is 117 Å². The fourth-order valence-corrected chi connectivity index (χ4v) is 4.83. The second kappa shape index (κ2) is 4.07. The van der Waals surface area contributed by atoms with Crippen molar-refractivity contribution in [2.75, 3.05) is 0 Å². The molecule has 3 aliphatic carbocycles. The first kappa shape index (κ1) is 12.4. The van der Waals surface area contributed by atoms with Crippen LogP contribution in [0, 0.1) is 23.7 Å². The van der Waals surface area contributed by atoms with Crippen molar-refractivity contribution in [1.29, 1.82) is 0 Å². The van der Waals surface area contributed by atoms with Crippen molar-refractivity contribution in [1.82, 2.24) is 14.5 Å². The summed E-state index contributed by atoms with van der Waals surface area (Å²) in [4.78, 5) is 23.7. The zero-order chi connectivity index (χ0) is 14.0. The van der Waals surface area contributed by atoms with Gasteiger partial charge in [0.05, 0.1) is 0 Å². The van der Waals surface area contributed by atoms with E-state index in [9.17, 15) is 9.59 Å². The van der Waals surface area contributed by atoms with Crippen LogP contribution in [0.1, 0.15) is 24.8 Å². The summed E-state index contributed by atoms with van der Waals surface area (Å²) in [6.45, 7) is 0.581. The van der Waals surface area contributed by atoms with Crippen LogP contribution in [-0.2, 0) is 20.6 Å². The minimum absolute atomic E-state index is 0.172. The van der Waals surface area contributed by atoms with Gasteiger partial charge in [0.15, 0.2) is 0 Å². The Morgan fingerprint density at radius 2 is 1.85 bits per heavy atom. The molecule has 4 unspecified atom stereocenters. The quantitative estimate of drug-likeness (QED) is 0.858. The Bertz CT molecular complexity index is 659. The number of rotatable bonds is 3. The van der Waals surface area contributed by atoms with Crippen LogP contribution in [0.5, 0.6) is 0 Å². The van der Waals surface area contributed by atoms with Gasteiger partial charge in [-0.15, -0.1) is 0 Å². The monoisotopic (exact) mass is 275 g/mol. The molecule has 1 aromatic rings. The highest BCUT2D eigenvalue weighted by molar-refractivity contribution is 5.17. The average molecular weight is 275 g/mol. The molecule has 5 heteroatoms. The molecular weight excluding hydrogens is 254 g/mol. The van der Waals surface area contributed by atoms with Crippen LogP contribution in [0.15, 0.2) is 15.8 Å². The van der Waals surface area contributed by atoms with Gasteiger partial charge in [-0.2, -0.15) is 0 Å². The van der Waals surface area contributed by atoms with Crippen LogP contribution in [0.2, 0.25) is 0 Å². The molecule has 5 nitrogen and oxygen atoms in total. The second-order valence-corrected chi connectivity index (χ2v) is 6.81. The Morgan fingerprint density at radius 3 is 2.50 bits per heavy atom. The van der Waals surface area contributed by atoms with E-state index in [1.165, 1.54) is 28.4 Å². The van der Waals surface area contributed by atoms with Crippen molar-refractivity contribution in [3.8, 4) is 0 Å². The van der Waals surface area contributed by atoms with Crippen LogP contribution < -0.4 is 16.6 Å². The molecule has 0 amide bonds. The lowest BCUT2D eigenvalue weighted by molar-refractivity contribution is 0.456. The van der Waals surface area contributed by atoms with Crippen molar-refractivity contribution in [3.05, 3.63) is 32.6 Å². The maximum Gasteiger partial charge on any atom is 0.330 e. The third-order valence-corrected chi connectivity index (χ3v) is 5.78. The molecule has 1 N–H and O–H groups in total. The van der Waals surface area contributed by atoms with E-state index < -0.39 is 0 Å². The maximum atomic E-state index is 12.1.